The summed E-state index contributed by atoms with van der Waals surface area (Å²) in [4.78, 5) is 0. The maximum atomic E-state index is 13.1. The lowest BCUT2D eigenvalue weighted by atomic mass is 9.89. The third kappa shape index (κ3) is 4.07. The summed E-state index contributed by atoms with van der Waals surface area (Å²) in [5.74, 6) is -0.0325. The second kappa shape index (κ2) is 7.12. The average molecular weight is 303 g/mol. The van der Waals surface area contributed by atoms with Crippen LogP contribution in [-0.4, -0.2) is 5.11 Å². The molecule has 0 saturated carbocycles. The average Bonchev–Trinajstić information content (AvgIpc) is 2.33. The molecule has 0 amide bonds. The van der Waals surface area contributed by atoms with Gasteiger partial charge in [0.2, 0.25) is 0 Å². The van der Waals surface area contributed by atoms with Gasteiger partial charge in [0.25, 0.3) is 0 Å². The van der Waals surface area contributed by atoms with E-state index >= 15 is 0 Å². The summed E-state index contributed by atoms with van der Waals surface area (Å²) < 4.78 is 13.5. The van der Waals surface area contributed by atoms with E-state index in [4.69, 9.17) is 0 Å². The van der Waals surface area contributed by atoms with Crippen LogP contribution in [0.15, 0.2) is 22.7 Å². The van der Waals surface area contributed by atoms with Gasteiger partial charge in [-0.2, -0.15) is 0 Å². The minimum atomic E-state index is -0.497. The molecule has 2 unspecified atom stereocenters. The number of aliphatic hydroxyl groups is 1. The van der Waals surface area contributed by atoms with Gasteiger partial charge in [-0.1, -0.05) is 39.2 Å². The van der Waals surface area contributed by atoms with Crippen LogP contribution in [0.1, 0.15) is 51.2 Å². The van der Waals surface area contributed by atoms with Crippen LogP contribution in [0.5, 0.6) is 0 Å². The molecule has 0 spiro atoms. The second-order valence-electron chi connectivity index (χ2n) is 4.43. The van der Waals surface area contributed by atoms with E-state index in [1.807, 2.05) is 0 Å². The van der Waals surface area contributed by atoms with Gasteiger partial charge < -0.3 is 5.11 Å². The molecule has 17 heavy (non-hydrogen) atoms. The highest BCUT2D eigenvalue weighted by molar-refractivity contribution is 9.10. The first-order valence-electron chi connectivity index (χ1n) is 6.23. The van der Waals surface area contributed by atoms with E-state index in [-0.39, 0.29) is 11.7 Å². The van der Waals surface area contributed by atoms with Gasteiger partial charge in [0.1, 0.15) is 5.82 Å². The Morgan fingerprint density at radius 3 is 2.59 bits per heavy atom. The summed E-state index contributed by atoms with van der Waals surface area (Å²) in [6.45, 7) is 4.23. The predicted octanol–water partition coefficient (Wildman–Crippen LogP) is 4.84. The number of benzene rings is 1. The van der Waals surface area contributed by atoms with Crippen molar-refractivity contribution in [1.82, 2.24) is 0 Å². The Morgan fingerprint density at radius 1 is 1.35 bits per heavy atom. The zero-order chi connectivity index (χ0) is 12.8. The largest absolute Gasteiger partial charge is 0.388 e. The Bertz CT molecular complexity index is 354. The molecule has 0 heterocycles. The zero-order valence-electron chi connectivity index (χ0n) is 10.4. The molecule has 96 valence electrons. The Kier molecular flexibility index (Phi) is 6.14. The maximum absolute atomic E-state index is 13.1. The van der Waals surface area contributed by atoms with Gasteiger partial charge in [-0.05, 0) is 46.0 Å². The van der Waals surface area contributed by atoms with Crippen molar-refractivity contribution in [3.63, 3.8) is 0 Å². The normalized spacial score (nSPS) is 14.6. The number of rotatable bonds is 6. The van der Waals surface area contributed by atoms with Gasteiger partial charge in [0.05, 0.1) is 10.6 Å². The Morgan fingerprint density at radius 2 is 2.06 bits per heavy atom. The van der Waals surface area contributed by atoms with Crippen molar-refractivity contribution in [2.75, 3.05) is 0 Å². The third-order valence-corrected chi connectivity index (χ3v) is 3.79. The van der Waals surface area contributed by atoms with Gasteiger partial charge in [-0.3, -0.25) is 0 Å². The van der Waals surface area contributed by atoms with Crippen LogP contribution in [0.2, 0.25) is 0 Å². The molecule has 0 aliphatic rings. The molecule has 0 fully saturated rings. The van der Waals surface area contributed by atoms with Gasteiger partial charge in [0, 0.05) is 0 Å². The molecule has 1 nitrogen and oxygen atoms in total. The lowest BCUT2D eigenvalue weighted by Crippen LogP contribution is -2.12. The summed E-state index contributed by atoms with van der Waals surface area (Å²) in [5, 5.41) is 10.3. The number of halogens is 2. The quantitative estimate of drug-likeness (QED) is 0.797. The van der Waals surface area contributed by atoms with E-state index in [0.717, 1.165) is 31.2 Å². The first-order chi connectivity index (χ1) is 8.10. The van der Waals surface area contributed by atoms with E-state index in [2.05, 4.69) is 29.8 Å². The van der Waals surface area contributed by atoms with Gasteiger partial charge in [-0.15, -0.1) is 0 Å². The summed E-state index contributed by atoms with van der Waals surface area (Å²) >= 11 is 3.15. The smallest absolute Gasteiger partial charge is 0.137 e. The van der Waals surface area contributed by atoms with Crippen LogP contribution in [0.3, 0.4) is 0 Å². The fourth-order valence-corrected chi connectivity index (χ4v) is 2.42. The Balaban J connectivity index is 2.78. The van der Waals surface area contributed by atoms with Gasteiger partial charge >= 0.3 is 0 Å². The molecular formula is C14H20BrFO. The molecule has 0 bridgehead atoms. The molecule has 1 aromatic carbocycles. The van der Waals surface area contributed by atoms with Gasteiger partial charge in [0.15, 0.2) is 0 Å². The minimum absolute atomic E-state index is 0.257. The van der Waals surface area contributed by atoms with E-state index in [1.165, 1.54) is 6.07 Å². The van der Waals surface area contributed by atoms with Crippen LogP contribution in [-0.2, 0) is 0 Å². The van der Waals surface area contributed by atoms with Crippen LogP contribution >= 0.6 is 15.9 Å². The van der Waals surface area contributed by atoms with E-state index < -0.39 is 6.10 Å². The molecule has 0 saturated heterocycles. The van der Waals surface area contributed by atoms with E-state index in [1.54, 1.807) is 12.1 Å². The Labute approximate surface area is 111 Å². The fourth-order valence-electron chi connectivity index (χ4n) is 2.02. The highest BCUT2D eigenvalue weighted by Gasteiger charge is 2.19. The number of hydrogen-bond acceptors (Lipinski definition) is 1. The van der Waals surface area contributed by atoms with Crippen molar-refractivity contribution in [2.45, 2.75) is 45.6 Å². The first-order valence-corrected chi connectivity index (χ1v) is 7.02. The lowest BCUT2D eigenvalue weighted by molar-refractivity contribution is 0.0988. The maximum Gasteiger partial charge on any atom is 0.137 e. The molecule has 0 aromatic heterocycles. The highest BCUT2D eigenvalue weighted by Crippen LogP contribution is 2.30. The molecule has 1 N–H and O–H groups in total. The van der Waals surface area contributed by atoms with Crippen LogP contribution in [0.25, 0.3) is 0 Å². The third-order valence-electron chi connectivity index (χ3n) is 3.18. The van der Waals surface area contributed by atoms with Crippen molar-refractivity contribution in [1.29, 1.82) is 0 Å². The van der Waals surface area contributed by atoms with Crippen molar-refractivity contribution >= 4 is 15.9 Å². The summed E-state index contributed by atoms with van der Waals surface area (Å²) in [6, 6.07) is 4.74. The van der Waals surface area contributed by atoms with Gasteiger partial charge in [-0.25, -0.2) is 4.39 Å². The molecular weight excluding hydrogens is 283 g/mol. The molecule has 0 aliphatic heterocycles. The second-order valence-corrected chi connectivity index (χ2v) is 5.28. The molecule has 1 aromatic rings. The first kappa shape index (κ1) is 14.7. The van der Waals surface area contributed by atoms with Crippen LogP contribution in [0.4, 0.5) is 4.39 Å². The van der Waals surface area contributed by atoms with E-state index in [0.29, 0.717) is 4.47 Å². The van der Waals surface area contributed by atoms with E-state index in [9.17, 15) is 9.50 Å². The molecule has 1 rings (SSSR count). The number of aliphatic hydroxyl groups excluding tert-OH is 1. The predicted molar refractivity (Wildman–Crippen MR) is 72.4 cm³/mol. The summed E-state index contributed by atoms with van der Waals surface area (Å²) in [7, 11) is 0. The fraction of sp³-hybridized carbons (Fsp3) is 0.571. The molecule has 0 radical (unpaired) electrons. The summed E-state index contributed by atoms with van der Waals surface area (Å²) in [6.07, 6.45) is 3.72. The molecule has 0 aliphatic carbocycles. The molecule has 2 atom stereocenters. The summed E-state index contributed by atoms with van der Waals surface area (Å²) in [5.41, 5.74) is 0.793. The SMILES string of the molecule is CCCCC(CC)C(O)c1ccc(F)c(Br)c1. The Hall–Kier alpha value is -0.410. The topological polar surface area (TPSA) is 20.2 Å². The zero-order valence-corrected chi connectivity index (χ0v) is 12.0. The number of unbranched alkanes of at least 4 members (excludes halogenated alkanes) is 1. The van der Waals surface area contributed by atoms with Crippen molar-refractivity contribution in [3.8, 4) is 0 Å². The van der Waals surface area contributed by atoms with Crippen molar-refractivity contribution < 1.29 is 9.50 Å². The standard InChI is InChI=1S/C14H20BrFO/c1-3-5-6-10(4-2)14(17)11-7-8-13(16)12(15)9-11/h7-10,14,17H,3-6H2,1-2H3. The monoisotopic (exact) mass is 302 g/mol. The highest BCUT2D eigenvalue weighted by atomic mass is 79.9. The number of hydrogen-bond donors (Lipinski definition) is 1. The van der Waals surface area contributed by atoms with Crippen molar-refractivity contribution in [2.24, 2.45) is 5.92 Å². The van der Waals surface area contributed by atoms with Crippen LogP contribution < -0.4 is 0 Å². The van der Waals surface area contributed by atoms with Crippen LogP contribution in [0, 0.1) is 11.7 Å². The lowest BCUT2D eigenvalue weighted by Gasteiger charge is -2.22. The molecule has 3 heteroatoms. The van der Waals surface area contributed by atoms with Crippen molar-refractivity contribution in [3.05, 3.63) is 34.1 Å². The minimum Gasteiger partial charge on any atom is -0.388 e.